The van der Waals surface area contributed by atoms with Gasteiger partial charge in [-0.3, -0.25) is 0 Å². The molecule has 0 aliphatic carbocycles. The highest BCUT2D eigenvalue weighted by molar-refractivity contribution is 6.22. The van der Waals surface area contributed by atoms with Crippen LogP contribution in [0.1, 0.15) is 11.7 Å². The molecule has 0 saturated carbocycles. The highest BCUT2D eigenvalue weighted by atomic mass is 35.5. The minimum Gasteiger partial charge on any atom is -0.381 e. The number of aliphatic hydroxyl groups excluding tert-OH is 1. The lowest BCUT2D eigenvalue weighted by Crippen LogP contribution is -2.18. The van der Waals surface area contributed by atoms with E-state index in [0.29, 0.717) is 10.9 Å². The van der Waals surface area contributed by atoms with Gasteiger partial charge in [-0.15, -0.1) is 0 Å². The lowest BCUT2D eigenvalue weighted by molar-refractivity contribution is -0.0417. The fraction of sp³-hybridized carbons (Fsp3) is 0.200. The van der Waals surface area contributed by atoms with Crippen molar-refractivity contribution < 1.29 is 13.9 Å². The molecule has 1 aromatic heterocycles. The van der Waals surface area contributed by atoms with Crippen LogP contribution in [0.3, 0.4) is 0 Å². The van der Waals surface area contributed by atoms with Gasteiger partial charge in [0.2, 0.25) is 0 Å². The maximum Gasteiger partial charge on any atom is 0.351 e. The molecular formula is C10H8ClF2NO. The zero-order chi connectivity index (χ0) is 11.1. The lowest BCUT2D eigenvalue weighted by atomic mass is 10.1. The smallest absolute Gasteiger partial charge is 0.351 e. The number of hydrogen-bond donors (Lipinski definition) is 2. The van der Waals surface area contributed by atoms with Gasteiger partial charge in [0.15, 0.2) is 6.10 Å². The Labute approximate surface area is 89.5 Å². The Morgan fingerprint density at radius 1 is 1.33 bits per heavy atom. The Kier molecular flexibility index (Phi) is 2.40. The molecular weight excluding hydrogens is 224 g/mol. The quantitative estimate of drug-likeness (QED) is 0.766. The van der Waals surface area contributed by atoms with E-state index in [-0.39, 0.29) is 5.56 Å². The SMILES string of the molecule is O[C@@H](c1c[nH]c2ccccc12)C(F)(F)Cl. The van der Waals surface area contributed by atoms with Crippen molar-refractivity contribution in [2.24, 2.45) is 0 Å². The standard InChI is InChI=1S/C10H8ClF2NO/c11-10(12,13)9(15)7-5-14-8-4-2-1-3-6(7)8/h1-5,9,14-15H/t9-/m0/s1. The molecule has 0 radical (unpaired) electrons. The maximum atomic E-state index is 12.7. The van der Waals surface area contributed by atoms with Crippen molar-refractivity contribution in [3.8, 4) is 0 Å². The molecule has 15 heavy (non-hydrogen) atoms. The third-order valence-corrected chi connectivity index (χ3v) is 2.43. The van der Waals surface area contributed by atoms with Crippen molar-refractivity contribution in [2.75, 3.05) is 0 Å². The van der Waals surface area contributed by atoms with Crippen LogP contribution in [0.15, 0.2) is 30.5 Å². The van der Waals surface area contributed by atoms with E-state index in [9.17, 15) is 13.9 Å². The number of hydrogen-bond acceptors (Lipinski definition) is 1. The summed E-state index contributed by atoms with van der Waals surface area (Å²) in [6.07, 6.45) is -0.665. The second-order valence-electron chi connectivity index (χ2n) is 3.23. The van der Waals surface area contributed by atoms with E-state index in [1.807, 2.05) is 0 Å². The Morgan fingerprint density at radius 3 is 2.67 bits per heavy atom. The largest absolute Gasteiger partial charge is 0.381 e. The number of para-hydroxylation sites is 1. The van der Waals surface area contributed by atoms with Gasteiger partial charge in [0.1, 0.15) is 0 Å². The van der Waals surface area contributed by atoms with Crippen molar-refractivity contribution in [2.45, 2.75) is 11.5 Å². The van der Waals surface area contributed by atoms with Crippen LogP contribution >= 0.6 is 11.6 Å². The lowest BCUT2D eigenvalue weighted by Gasteiger charge is -2.14. The van der Waals surface area contributed by atoms with E-state index >= 15 is 0 Å². The molecule has 0 aliphatic heterocycles. The van der Waals surface area contributed by atoms with Gasteiger partial charge >= 0.3 is 5.38 Å². The summed E-state index contributed by atoms with van der Waals surface area (Å²) in [5.74, 6) is 0. The molecule has 2 aromatic rings. The van der Waals surface area contributed by atoms with Crippen molar-refractivity contribution in [3.05, 3.63) is 36.0 Å². The number of nitrogens with one attached hydrogen (secondary N) is 1. The number of rotatable bonds is 2. The summed E-state index contributed by atoms with van der Waals surface area (Å²) in [5.41, 5.74) is 0.790. The summed E-state index contributed by atoms with van der Waals surface area (Å²) < 4.78 is 25.4. The van der Waals surface area contributed by atoms with Crippen LogP contribution in [-0.2, 0) is 0 Å². The zero-order valence-electron chi connectivity index (χ0n) is 7.55. The van der Waals surface area contributed by atoms with Crippen LogP contribution in [0.5, 0.6) is 0 Å². The summed E-state index contributed by atoms with van der Waals surface area (Å²) in [6.45, 7) is 0. The van der Waals surface area contributed by atoms with Crippen LogP contribution in [0.25, 0.3) is 10.9 Å². The monoisotopic (exact) mass is 231 g/mol. The fourth-order valence-electron chi connectivity index (χ4n) is 1.50. The number of benzene rings is 1. The highest BCUT2D eigenvalue weighted by Gasteiger charge is 2.38. The molecule has 1 aromatic carbocycles. The van der Waals surface area contributed by atoms with E-state index in [1.54, 1.807) is 24.3 Å². The average Bonchev–Trinajstić information content (AvgIpc) is 2.58. The normalized spacial score (nSPS) is 14.4. The van der Waals surface area contributed by atoms with E-state index in [0.717, 1.165) is 0 Å². The first-order chi connectivity index (χ1) is 7.00. The number of aromatic nitrogens is 1. The van der Waals surface area contributed by atoms with E-state index in [2.05, 4.69) is 4.98 Å². The predicted molar refractivity (Wildman–Crippen MR) is 54.1 cm³/mol. The second-order valence-corrected chi connectivity index (χ2v) is 3.74. The zero-order valence-corrected chi connectivity index (χ0v) is 8.30. The van der Waals surface area contributed by atoms with Gasteiger partial charge in [-0.2, -0.15) is 8.78 Å². The van der Waals surface area contributed by atoms with E-state index < -0.39 is 11.5 Å². The number of alkyl halides is 3. The van der Waals surface area contributed by atoms with Crippen LogP contribution in [0, 0.1) is 0 Å². The van der Waals surface area contributed by atoms with Gasteiger partial charge in [-0.1, -0.05) is 18.2 Å². The number of halogens is 3. The molecule has 0 unspecified atom stereocenters. The molecule has 0 aliphatic rings. The minimum absolute atomic E-state index is 0.102. The molecule has 5 heteroatoms. The molecule has 1 heterocycles. The van der Waals surface area contributed by atoms with Crippen molar-refractivity contribution in [3.63, 3.8) is 0 Å². The summed E-state index contributed by atoms with van der Waals surface area (Å²) in [6, 6.07) is 6.86. The average molecular weight is 232 g/mol. The first-order valence-electron chi connectivity index (χ1n) is 4.31. The van der Waals surface area contributed by atoms with Gasteiger partial charge in [0.05, 0.1) is 0 Å². The summed E-state index contributed by atoms with van der Waals surface area (Å²) >= 11 is 4.78. The Hall–Kier alpha value is -1.13. The molecule has 80 valence electrons. The number of aliphatic hydroxyl groups is 1. The van der Waals surface area contributed by atoms with Crippen molar-refractivity contribution in [1.29, 1.82) is 0 Å². The van der Waals surface area contributed by atoms with Gasteiger partial charge in [-0.25, -0.2) is 0 Å². The fourth-order valence-corrected chi connectivity index (χ4v) is 1.61. The van der Waals surface area contributed by atoms with E-state index in [1.165, 1.54) is 6.20 Å². The van der Waals surface area contributed by atoms with E-state index in [4.69, 9.17) is 11.6 Å². The van der Waals surface area contributed by atoms with Crippen LogP contribution < -0.4 is 0 Å². The molecule has 2 N–H and O–H groups in total. The second kappa shape index (κ2) is 3.47. The highest BCUT2D eigenvalue weighted by Crippen LogP contribution is 2.37. The van der Waals surface area contributed by atoms with Gasteiger partial charge < -0.3 is 10.1 Å². The molecule has 0 saturated heterocycles. The first-order valence-corrected chi connectivity index (χ1v) is 4.69. The van der Waals surface area contributed by atoms with Crippen LogP contribution in [0.2, 0.25) is 0 Å². The Morgan fingerprint density at radius 2 is 2.00 bits per heavy atom. The number of H-pyrrole nitrogens is 1. The molecule has 2 rings (SSSR count). The van der Waals surface area contributed by atoms with Gasteiger partial charge in [0, 0.05) is 22.7 Å². The topological polar surface area (TPSA) is 36.0 Å². The molecule has 1 atom stereocenters. The Balaban J connectivity index is 2.53. The maximum absolute atomic E-state index is 12.7. The van der Waals surface area contributed by atoms with Crippen molar-refractivity contribution in [1.82, 2.24) is 4.98 Å². The first kappa shape index (κ1) is 10.4. The van der Waals surface area contributed by atoms with Crippen LogP contribution in [0.4, 0.5) is 8.78 Å². The predicted octanol–water partition coefficient (Wildman–Crippen LogP) is 3.03. The van der Waals surface area contributed by atoms with Crippen molar-refractivity contribution >= 4 is 22.5 Å². The minimum atomic E-state index is -3.66. The molecule has 0 spiro atoms. The van der Waals surface area contributed by atoms with Gasteiger partial charge in [0.25, 0.3) is 0 Å². The third kappa shape index (κ3) is 1.82. The number of aromatic amines is 1. The summed E-state index contributed by atoms with van der Waals surface area (Å²) in [7, 11) is 0. The van der Waals surface area contributed by atoms with Crippen LogP contribution in [-0.4, -0.2) is 15.5 Å². The molecule has 0 amide bonds. The molecule has 2 nitrogen and oxygen atoms in total. The third-order valence-electron chi connectivity index (χ3n) is 2.23. The number of fused-ring (bicyclic) bond motifs is 1. The summed E-state index contributed by atoms with van der Waals surface area (Å²) in [4.78, 5) is 2.79. The molecule has 0 bridgehead atoms. The molecule has 0 fully saturated rings. The van der Waals surface area contributed by atoms with Gasteiger partial charge in [-0.05, 0) is 17.7 Å². The Bertz CT molecular complexity index is 477. The summed E-state index contributed by atoms with van der Waals surface area (Å²) in [5, 5.41) is 6.23.